The lowest BCUT2D eigenvalue weighted by atomic mass is 10.0. The van der Waals surface area contributed by atoms with Crippen LogP contribution < -0.4 is 5.32 Å². The van der Waals surface area contributed by atoms with Crippen LogP contribution in [0.15, 0.2) is 23.1 Å². The Balaban J connectivity index is 2.25. The van der Waals surface area contributed by atoms with E-state index in [1.165, 1.54) is 16.4 Å². The second-order valence-electron chi connectivity index (χ2n) is 5.60. The van der Waals surface area contributed by atoms with Crippen molar-refractivity contribution in [2.24, 2.45) is 5.92 Å². The van der Waals surface area contributed by atoms with E-state index in [1.807, 2.05) is 0 Å². The van der Waals surface area contributed by atoms with Gasteiger partial charge in [-0.25, -0.2) is 12.8 Å². The minimum atomic E-state index is -3.73. The number of nitrogens with zero attached hydrogens (tertiary/aromatic N) is 1. The van der Waals surface area contributed by atoms with Crippen molar-refractivity contribution in [3.63, 3.8) is 0 Å². The predicted octanol–water partition coefficient (Wildman–Crippen LogP) is 2.36. The summed E-state index contributed by atoms with van der Waals surface area (Å²) in [5.74, 6) is -0.276. The van der Waals surface area contributed by atoms with Crippen molar-refractivity contribution in [3.05, 3.63) is 29.6 Å². The van der Waals surface area contributed by atoms with E-state index in [9.17, 15) is 12.8 Å². The van der Waals surface area contributed by atoms with E-state index in [1.54, 1.807) is 13.1 Å². The van der Waals surface area contributed by atoms with Gasteiger partial charge in [0.25, 0.3) is 0 Å². The third kappa shape index (κ3) is 3.62. The van der Waals surface area contributed by atoms with Crippen LogP contribution in [0.1, 0.15) is 31.7 Å². The smallest absolute Gasteiger partial charge is 0.246 e. The van der Waals surface area contributed by atoms with E-state index in [0.717, 1.165) is 24.8 Å². The van der Waals surface area contributed by atoms with E-state index in [0.29, 0.717) is 25.6 Å². The Labute approximate surface area is 126 Å². The maximum atomic E-state index is 14.0. The third-order valence-corrected chi connectivity index (χ3v) is 5.82. The molecule has 1 aromatic rings. The molecule has 1 unspecified atom stereocenters. The molecule has 118 valence electrons. The molecular weight excluding hydrogens is 291 g/mol. The van der Waals surface area contributed by atoms with Crippen molar-refractivity contribution < 1.29 is 12.8 Å². The standard InChI is InChI=1S/C15H23FN2O2S/c1-3-4-12-7-8-18(11-12)21(19,20)15-9-13(10-17-2)5-6-14(15)16/h5-6,9,12,17H,3-4,7-8,10-11H2,1-2H3. The monoisotopic (exact) mass is 314 g/mol. The van der Waals surface area contributed by atoms with Gasteiger partial charge < -0.3 is 5.32 Å². The van der Waals surface area contributed by atoms with Crippen molar-refractivity contribution in [1.82, 2.24) is 9.62 Å². The molecule has 0 aliphatic carbocycles. The highest BCUT2D eigenvalue weighted by atomic mass is 32.2. The Bertz CT molecular complexity index is 589. The van der Waals surface area contributed by atoms with Crippen LogP contribution in [0.3, 0.4) is 0 Å². The van der Waals surface area contributed by atoms with Crippen molar-refractivity contribution in [3.8, 4) is 0 Å². The van der Waals surface area contributed by atoms with E-state index in [4.69, 9.17) is 0 Å². The molecule has 0 bridgehead atoms. The normalized spacial score (nSPS) is 20.0. The number of halogens is 1. The van der Waals surface area contributed by atoms with Gasteiger partial charge in [-0.05, 0) is 43.5 Å². The molecule has 1 fully saturated rings. The summed E-state index contributed by atoms with van der Waals surface area (Å²) in [6, 6.07) is 4.28. The van der Waals surface area contributed by atoms with Gasteiger partial charge in [-0.1, -0.05) is 19.4 Å². The summed E-state index contributed by atoms with van der Waals surface area (Å²) in [4.78, 5) is -0.201. The zero-order valence-electron chi connectivity index (χ0n) is 12.6. The maximum Gasteiger partial charge on any atom is 0.246 e. The number of nitrogens with one attached hydrogen (secondary N) is 1. The van der Waals surface area contributed by atoms with Crippen LogP contribution in [-0.2, 0) is 16.6 Å². The molecule has 0 radical (unpaired) electrons. The van der Waals surface area contributed by atoms with Crippen LogP contribution in [0.25, 0.3) is 0 Å². The lowest BCUT2D eigenvalue weighted by molar-refractivity contribution is 0.440. The van der Waals surface area contributed by atoms with Crippen LogP contribution in [0.4, 0.5) is 4.39 Å². The molecule has 21 heavy (non-hydrogen) atoms. The van der Waals surface area contributed by atoms with Gasteiger partial charge in [0.05, 0.1) is 0 Å². The first kappa shape index (κ1) is 16.4. The molecule has 0 saturated carbocycles. The molecule has 4 nitrogen and oxygen atoms in total. The predicted molar refractivity (Wildman–Crippen MR) is 80.9 cm³/mol. The van der Waals surface area contributed by atoms with Gasteiger partial charge in [0, 0.05) is 19.6 Å². The number of sulfonamides is 1. The molecule has 2 rings (SSSR count). The summed E-state index contributed by atoms with van der Waals surface area (Å²) >= 11 is 0. The summed E-state index contributed by atoms with van der Waals surface area (Å²) < 4.78 is 40.7. The fourth-order valence-electron chi connectivity index (χ4n) is 2.86. The fraction of sp³-hybridized carbons (Fsp3) is 0.600. The first-order valence-electron chi connectivity index (χ1n) is 7.42. The Kier molecular flexibility index (Phi) is 5.35. The molecule has 1 aliphatic heterocycles. The van der Waals surface area contributed by atoms with Gasteiger partial charge in [0.2, 0.25) is 10.0 Å². The van der Waals surface area contributed by atoms with E-state index in [2.05, 4.69) is 12.2 Å². The molecule has 0 spiro atoms. The van der Waals surface area contributed by atoms with E-state index >= 15 is 0 Å². The summed E-state index contributed by atoms with van der Waals surface area (Å²) in [6.45, 7) is 3.61. The Hall–Kier alpha value is -0.980. The van der Waals surface area contributed by atoms with Gasteiger partial charge in [-0.3, -0.25) is 0 Å². The highest BCUT2D eigenvalue weighted by Gasteiger charge is 2.33. The summed E-state index contributed by atoms with van der Waals surface area (Å²) in [5, 5.41) is 2.94. The third-order valence-electron chi connectivity index (χ3n) is 3.94. The Morgan fingerprint density at radius 2 is 2.19 bits per heavy atom. The fourth-order valence-corrected chi connectivity index (χ4v) is 4.50. The summed E-state index contributed by atoms with van der Waals surface area (Å²) in [5.41, 5.74) is 0.766. The molecular formula is C15H23FN2O2S. The van der Waals surface area contributed by atoms with Crippen molar-refractivity contribution >= 4 is 10.0 Å². The van der Waals surface area contributed by atoms with Crippen molar-refractivity contribution in [1.29, 1.82) is 0 Å². The number of hydrogen-bond donors (Lipinski definition) is 1. The molecule has 1 saturated heterocycles. The highest BCUT2D eigenvalue weighted by Crippen LogP contribution is 2.28. The van der Waals surface area contributed by atoms with Crippen LogP contribution in [-0.4, -0.2) is 32.9 Å². The van der Waals surface area contributed by atoms with Crippen LogP contribution >= 0.6 is 0 Å². The van der Waals surface area contributed by atoms with Gasteiger partial charge >= 0.3 is 0 Å². The molecule has 0 amide bonds. The molecule has 1 N–H and O–H groups in total. The lowest BCUT2D eigenvalue weighted by Gasteiger charge is -2.17. The minimum Gasteiger partial charge on any atom is -0.316 e. The minimum absolute atomic E-state index is 0.201. The molecule has 0 aromatic heterocycles. The number of hydrogen-bond acceptors (Lipinski definition) is 3. The number of rotatable bonds is 6. The van der Waals surface area contributed by atoms with Gasteiger partial charge in [0.1, 0.15) is 10.7 Å². The van der Waals surface area contributed by atoms with Gasteiger partial charge in [-0.15, -0.1) is 0 Å². The van der Waals surface area contributed by atoms with Crippen LogP contribution in [0.2, 0.25) is 0 Å². The first-order chi connectivity index (χ1) is 9.98. The second-order valence-corrected chi connectivity index (χ2v) is 7.51. The SMILES string of the molecule is CCCC1CCN(S(=O)(=O)c2cc(CNC)ccc2F)C1. The summed E-state index contributed by atoms with van der Waals surface area (Å²) in [7, 11) is -1.96. The average Bonchev–Trinajstić information content (AvgIpc) is 2.91. The quantitative estimate of drug-likeness (QED) is 0.877. The Morgan fingerprint density at radius 3 is 2.86 bits per heavy atom. The second kappa shape index (κ2) is 6.85. The molecule has 1 aliphatic rings. The largest absolute Gasteiger partial charge is 0.316 e. The zero-order valence-corrected chi connectivity index (χ0v) is 13.4. The Morgan fingerprint density at radius 1 is 1.43 bits per heavy atom. The van der Waals surface area contributed by atoms with Gasteiger partial charge in [0.15, 0.2) is 0 Å². The maximum absolute atomic E-state index is 14.0. The van der Waals surface area contributed by atoms with Crippen molar-refractivity contribution in [2.45, 2.75) is 37.6 Å². The topological polar surface area (TPSA) is 49.4 Å². The average molecular weight is 314 g/mol. The van der Waals surface area contributed by atoms with Crippen LogP contribution in [0, 0.1) is 11.7 Å². The molecule has 1 aromatic carbocycles. The van der Waals surface area contributed by atoms with E-state index in [-0.39, 0.29) is 4.90 Å². The zero-order chi connectivity index (χ0) is 15.5. The first-order valence-corrected chi connectivity index (χ1v) is 8.86. The lowest BCUT2D eigenvalue weighted by Crippen LogP contribution is -2.29. The van der Waals surface area contributed by atoms with Crippen LogP contribution in [0.5, 0.6) is 0 Å². The molecule has 6 heteroatoms. The molecule has 1 atom stereocenters. The van der Waals surface area contributed by atoms with E-state index < -0.39 is 15.8 Å². The molecule has 1 heterocycles. The number of benzene rings is 1. The highest BCUT2D eigenvalue weighted by molar-refractivity contribution is 7.89. The summed E-state index contributed by atoms with van der Waals surface area (Å²) in [6.07, 6.45) is 2.93. The van der Waals surface area contributed by atoms with Crippen molar-refractivity contribution in [2.75, 3.05) is 20.1 Å². The van der Waals surface area contributed by atoms with Gasteiger partial charge in [-0.2, -0.15) is 4.31 Å².